The summed E-state index contributed by atoms with van der Waals surface area (Å²) in [5.41, 5.74) is 1.36. The number of carboxylic acid groups (broad SMARTS) is 1. The van der Waals surface area contributed by atoms with Crippen molar-refractivity contribution < 1.29 is 29.0 Å². The maximum absolute atomic E-state index is 13.1. The number of ether oxygens (including phenoxy) is 1. The van der Waals surface area contributed by atoms with Crippen molar-refractivity contribution in [1.82, 2.24) is 10.2 Å². The molecule has 1 aliphatic heterocycles. The molecule has 8 heteroatoms. The van der Waals surface area contributed by atoms with Crippen LogP contribution in [0.15, 0.2) is 54.1 Å². The van der Waals surface area contributed by atoms with Crippen molar-refractivity contribution in [3.8, 4) is 5.75 Å². The second-order valence-electron chi connectivity index (χ2n) is 8.11. The first-order valence-electron chi connectivity index (χ1n) is 10.9. The Morgan fingerprint density at radius 3 is 2.42 bits per heavy atom. The first kappa shape index (κ1) is 22.3. The summed E-state index contributed by atoms with van der Waals surface area (Å²) in [7, 11) is 0. The molecule has 0 spiro atoms. The predicted molar refractivity (Wildman–Crippen MR) is 119 cm³/mol. The fourth-order valence-electron chi connectivity index (χ4n) is 4.13. The minimum atomic E-state index is -1.00. The van der Waals surface area contributed by atoms with Crippen LogP contribution in [0.2, 0.25) is 0 Å². The zero-order valence-corrected chi connectivity index (χ0v) is 18.0. The number of carbonyl (C=O) groups is 4. The van der Waals surface area contributed by atoms with Crippen LogP contribution in [0.25, 0.3) is 6.08 Å². The van der Waals surface area contributed by atoms with Gasteiger partial charge in [0, 0.05) is 11.6 Å². The highest BCUT2D eigenvalue weighted by molar-refractivity contribution is 6.31. The summed E-state index contributed by atoms with van der Waals surface area (Å²) in [4.78, 5) is 50.2. The molecule has 2 N–H and O–H groups in total. The molecule has 2 aromatic rings. The summed E-state index contributed by atoms with van der Waals surface area (Å²) >= 11 is 0. The first-order valence-corrected chi connectivity index (χ1v) is 10.9. The third-order valence-electron chi connectivity index (χ3n) is 5.89. The minimum Gasteiger partial charge on any atom is -0.488 e. The molecule has 8 nitrogen and oxygen atoms in total. The number of urea groups is 1. The fourth-order valence-corrected chi connectivity index (χ4v) is 4.13. The van der Waals surface area contributed by atoms with E-state index in [0.717, 1.165) is 37.7 Å². The third-order valence-corrected chi connectivity index (χ3v) is 5.89. The highest BCUT2D eigenvalue weighted by atomic mass is 16.5. The molecule has 0 radical (unpaired) electrons. The molecule has 0 aromatic heterocycles. The molecular formula is C25H24N2O6. The Morgan fingerprint density at radius 1 is 1.03 bits per heavy atom. The number of benzene rings is 2. The Bertz CT molecular complexity index is 1120. The molecule has 4 rings (SSSR count). The number of rotatable bonds is 6. The highest BCUT2D eigenvalue weighted by Crippen LogP contribution is 2.28. The Labute approximate surface area is 190 Å². The van der Waals surface area contributed by atoms with Crippen molar-refractivity contribution in [1.29, 1.82) is 0 Å². The van der Waals surface area contributed by atoms with E-state index in [1.807, 2.05) is 0 Å². The fraction of sp³-hybridized carbons (Fsp3) is 0.280. The zero-order chi connectivity index (χ0) is 23.4. The molecule has 2 aliphatic rings. The molecule has 0 unspecified atom stereocenters. The second-order valence-corrected chi connectivity index (χ2v) is 8.11. The van der Waals surface area contributed by atoms with E-state index in [9.17, 15) is 19.2 Å². The van der Waals surface area contributed by atoms with Gasteiger partial charge in [0.25, 0.3) is 11.8 Å². The van der Waals surface area contributed by atoms with Gasteiger partial charge in [-0.2, -0.15) is 0 Å². The summed E-state index contributed by atoms with van der Waals surface area (Å²) in [6, 6.07) is 12.4. The first-order chi connectivity index (χ1) is 15.9. The van der Waals surface area contributed by atoms with Gasteiger partial charge < -0.3 is 9.84 Å². The molecule has 170 valence electrons. The normalized spacial score (nSPS) is 18.4. The third kappa shape index (κ3) is 4.95. The SMILES string of the molecule is O=C1NC(=O)N(C2CCCCC2)C(=O)C1=Cc1ccccc1OCc1ccc(C(=O)O)cc1. The maximum atomic E-state index is 13.1. The lowest BCUT2D eigenvalue weighted by molar-refractivity contribution is -0.132. The molecule has 2 aromatic carbocycles. The van der Waals surface area contributed by atoms with Crippen molar-refractivity contribution in [2.24, 2.45) is 0 Å². The Morgan fingerprint density at radius 2 is 1.73 bits per heavy atom. The molecule has 1 saturated carbocycles. The number of carboxylic acids is 1. The van der Waals surface area contributed by atoms with Gasteiger partial charge in [0.2, 0.25) is 0 Å². The summed E-state index contributed by atoms with van der Waals surface area (Å²) in [5.74, 6) is -1.87. The van der Waals surface area contributed by atoms with E-state index in [2.05, 4.69) is 5.32 Å². The topological polar surface area (TPSA) is 113 Å². The van der Waals surface area contributed by atoms with Crippen molar-refractivity contribution >= 4 is 29.9 Å². The number of aromatic carboxylic acids is 1. The average molecular weight is 448 g/mol. The number of carbonyl (C=O) groups excluding carboxylic acids is 3. The lowest BCUT2D eigenvalue weighted by Gasteiger charge is -2.35. The largest absolute Gasteiger partial charge is 0.488 e. The Kier molecular flexibility index (Phi) is 6.53. The van der Waals surface area contributed by atoms with Gasteiger partial charge in [0.05, 0.1) is 5.56 Å². The number of barbiturate groups is 1. The summed E-state index contributed by atoms with van der Waals surface area (Å²) in [5, 5.41) is 11.3. The van der Waals surface area contributed by atoms with Gasteiger partial charge in [0.15, 0.2) is 0 Å². The van der Waals surface area contributed by atoms with E-state index in [1.165, 1.54) is 23.1 Å². The maximum Gasteiger partial charge on any atom is 0.335 e. The van der Waals surface area contributed by atoms with Gasteiger partial charge in [0.1, 0.15) is 17.9 Å². The Balaban J connectivity index is 1.55. The molecule has 1 aliphatic carbocycles. The van der Waals surface area contributed by atoms with Crippen LogP contribution in [-0.2, 0) is 16.2 Å². The predicted octanol–water partition coefficient (Wildman–Crippen LogP) is 3.76. The van der Waals surface area contributed by atoms with Crippen molar-refractivity contribution in [2.75, 3.05) is 0 Å². The van der Waals surface area contributed by atoms with E-state index in [-0.39, 0.29) is 23.8 Å². The van der Waals surface area contributed by atoms with Crippen LogP contribution in [0.1, 0.15) is 53.6 Å². The van der Waals surface area contributed by atoms with Crippen LogP contribution in [0.5, 0.6) is 5.75 Å². The van der Waals surface area contributed by atoms with Crippen LogP contribution in [-0.4, -0.2) is 39.9 Å². The Hall–Kier alpha value is -3.94. The lowest BCUT2D eigenvalue weighted by Crippen LogP contribution is -2.58. The summed E-state index contributed by atoms with van der Waals surface area (Å²) < 4.78 is 5.88. The number of amides is 4. The summed E-state index contributed by atoms with van der Waals surface area (Å²) in [6.07, 6.45) is 5.88. The van der Waals surface area contributed by atoms with Gasteiger partial charge in [-0.25, -0.2) is 9.59 Å². The standard InChI is InChI=1S/C25H24N2O6/c28-22-20(23(29)27(25(32)26-22)19-7-2-1-3-8-19)14-18-6-4-5-9-21(18)33-15-16-10-12-17(13-11-16)24(30)31/h4-6,9-14,19H,1-3,7-8,15H2,(H,30,31)(H,26,28,32). The van der Waals surface area contributed by atoms with Crippen molar-refractivity contribution in [3.63, 3.8) is 0 Å². The number of nitrogens with zero attached hydrogens (tertiary/aromatic N) is 1. The van der Waals surface area contributed by atoms with Gasteiger partial charge in [-0.05, 0) is 42.7 Å². The second kappa shape index (κ2) is 9.68. The van der Waals surface area contributed by atoms with E-state index in [4.69, 9.17) is 9.84 Å². The van der Waals surface area contributed by atoms with Crippen LogP contribution in [0.4, 0.5) is 4.79 Å². The molecule has 33 heavy (non-hydrogen) atoms. The van der Waals surface area contributed by atoms with E-state index < -0.39 is 23.8 Å². The minimum absolute atomic E-state index is 0.109. The van der Waals surface area contributed by atoms with Gasteiger partial charge in [-0.1, -0.05) is 49.6 Å². The van der Waals surface area contributed by atoms with Crippen LogP contribution in [0.3, 0.4) is 0 Å². The number of nitrogens with one attached hydrogen (secondary N) is 1. The molecule has 2 fully saturated rings. The smallest absolute Gasteiger partial charge is 0.335 e. The van der Waals surface area contributed by atoms with Gasteiger partial charge in [-0.3, -0.25) is 19.8 Å². The molecule has 1 heterocycles. The monoisotopic (exact) mass is 448 g/mol. The molecule has 1 saturated heterocycles. The van der Waals surface area contributed by atoms with Crippen molar-refractivity contribution in [3.05, 3.63) is 70.8 Å². The summed E-state index contributed by atoms with van der Waals surface area (Å²) in [6.45, 7) is 0.174. The molecule has 0 bridgehead atoms. The van der Waals surface area contributed by atoms with E-state index in [1.54, 1.807) is 36.4 Å². The molecular weight excluding hydrogens is 424 g/mol. The number of hydrogen-bond acceptors (Lipinski definition) is 5. The van der Waals surface area contributed by atoms with Crippen LogP contribution < -0.4 is 10.1 Å². The van der Waals surface area contributed by atoms with Gasteiger partial charge >= 0.3 is 12.0 Å². The number of para-hydroxylation sites is 1. The lowest BCUT2D eigenvalue weighted by atomic mass is 9.93. The van der Waals surface area contributed by atoms with Gasteiger partial charge in [-0.15, -0.1) is 0 Å². The zero-order valence-electron chi connectivity index (χ0n) is 18.0. The van der Waals surface area contributed by atoms with E-state index in [0.29, 0.717) is 11.3 Å². The molecule has 4 amide bonds. The van der Waals surface area contributed by atoms with Crippen LogP contribution >= 0.6 is 0 Å². The van der Waals surface area contributed by atoms with Crippen LogP contribution in [0, 0.1) is 0 Å². The average Bonchev–Trinajstić information content (AvgIpc) is 2.82. The quantitative estimate of drug-likeness (QED) is 0.514. The number of hydrogen-bond donors (Lipinski definition) is 2. The molecule has 0 atom stereocenters. The van der Waals surface area contributed by atoms with Crippen molar-refractivity contribution in [2.45, 2.75) is 44.8 Å². The highest BCUT2D eigenvalue weighted by Gasteiger charge is 2.40. The van der Waals surface area contributed by atoms with E-state index >= 15 is 0 Å². The number of imide groups is 2.